The summed E-state index contributed by atoms with van der Waals surface area (Å²) in [6.45, 7) is 6.50. The van der Waals surface area contributed by atoms with Gasteiger partial charge in [0.05, 0.1) is 15.5 Å². The highest BCUT2D eigenvalue weighted by atomic mass is 32.2. The molecule has 0 aliphatic carbocycles. The van der Waals surface area contributed by atoms with Crippen LogP contribution >= 0.6 is 23.1 Å². The number of nitrogens with one attached hydrogen (secondary N) is 1. The highest BCUT2D eigenvalue weighted by Crippen LogP contribution is 2.43. The fourth-order valence-electron chi connectivity index (χ4n) is 4.04. The summed E-state index contributed by atoms with van der Waals surface area (Å²) >= 11 is 3.42. The third-order valence-electron chi connectivity index (χ3n) is 6.06. The largest absolute Gasteiger partial charge is 0.322 e. The highest BCUT2D eigenvalue weighted by molar-refractivity contribution is 8.01. The van der Waals surface area contributed by atoms with Crippen molar-refractivity contribution in [2.45, 2.75) is 35.8 Å². The quantitative estimate of drug-likeness (QED) is 0.233. The smallest absolute Gasteiger partial charge is 0.255 e. The first-order valence-corrected chi connectivity index (χ1v) is 13.7. The van der Waals surface area contributed by atoms with Gasteiger partial charge < -0.3 is 5.32 Å². The second kappa shape index (κ2) is 10.3. The van der Waals surface area contributed by atoms with Crippen LogP contribution in [-0.4, -0.2) is 10.9 Å². The number of benzene rings is 4. The van der Waals surface area contributed by atoms with Crippen molar-refractivity contribution in [2.24, 2.45) is 0 Å². The van der Waals surface area contributed by atoms with Crippen LogP contribution in [0.5, 0.6) is 0 Å². The van der Waals surface area contributed by atoms with E-state index < -0.39 is 0 Å². The van der Waals surface area contributed by atoms with Crippen LogP contribution in [0.15, 0.2) is 107 Å². The molecule has 5 heteroatoms. The van der Waals surface area contributed by atoms with Crippen molar-refractivity contribution in [1.82, 2.24) is 4.98 Å². The summed E-state index contributed by atoms with van der Waals surface area (Å²) in [5.74, 6) is -0.109. The summed E-state index contributed by atoms with van der Waals surface area (Å²) in [5.41, 5.74) is 6.13. The molecular formula is C31H28N2OS2. The number of anilines is 1. The summed E-state index contributed by atoms with van der Waals surface area (Å²) in [6.07, 6.45) is 0. The van der Waals surface area contributed by atoms with Crippen molar-refractivity contribution in [3.05, 3.63) is 125 Å². The van der Waals surface area contributed by atoms with Crippen LogP contribution in [0.25, 0.3) is 10.2 Å². The van der Waals surface area contributed by atoms with Gasteiger partial charge in [0, 0.05) is 11.3 Å². The number of fused-ring (bicyclic) bond motifs is 1. The van der Waals surface area contributed by atoms with Gasteiger partial charge >= 0.3 is 0 Å². The van der Waals surface area contributed by atoms with Gasteiger partial charge in [-0.25, -0.2) is 4.98 Å². The normalized spacial score (nSPS) is 11.7. The number of thiazole rings is 1. The lowest BCUT2D eigenvalue weighted by molar-refractivity contribution is 0.102. The summed E-state index contributed by atoms with van der Waals surface area (Å²) < 4.78 is 2.06. The first kappa shape index (κ1) is 24.3. The first-order valence-electron chi connectivity index (χ1n) is 12.0. The fraction of sp³-hybridized carbons (Fsp3) is 0.161. The number of nitrogens with zero attached hydrogens (tertiary/aromatic N) is 1. The van der Waals surface area contributed by atoms with E-state index in [0.717, 1.165) is 20.2 Å². The van der Waals surface area contributed by atoms with E-state index in [0.29, 0.717) is 5.56 Å². The molecule has 36 heavy (non-hydrogen) atoms. The van der Waals surface area contributed by atoms with Crippen molar-refractivity contribution < 1.29 is 4.79 Å². The van der Waals surface area contributed by atoms with Gasteiger partial charge in [0.25, 0.3) is 5.91 Å². The molecule has 0 aliphatic heterocycles. The van der Waals surface area contributed by atoms with E-state index in [2.05, 4.69) is 74.6 Å². The molecule has 5 aromatic rings. The first-order chi connectivity index (χ1) is 17.4. The Balaban J connectivity index is 1.36. The molecule has 0 saturated heterocycles. The number of rotatable bonds is 6. The third-order valence-corrected chi connectivity index (χ3v) is 8.49. The Hall–Kier alpha value is -3.41. The number of hydrogen-bond acceptors (Lipinski definition) is 4. The summed E-state index contributed by atoms with van der Waals surface area (Å²) in [4.78, 5) is 17.7. The maximum Gasteiger partial charge on any atom is 0.255 e. The van der Waals surface area contributed by atoms with E-state index in [1.54, 1.807) is 23.1 Å². The molecule has 180 valence electrons. The number of thioether (sulfide) groups is 1. The van der Waals surface area contributed by atoms with Crippen LogP contribution in [-0.2, 0) is 5.41 Å². The molecule has 0 saturated carbocycles. The number of carbonyl (C=O) groups is 1. The average Bonchev–Trinajstić information content (AvgIpc) is 3.30. The molecule has 5 rings (SSSR count). The minimum atomic E-state index is -0.109. The zero-order valence-electron chi connectivity index (χ0n) is 20.6. The van der Waals surface area contributed by atoms with Gasteiger partial charge in [0.1, 0.15) is 0 Å². The molecule has 0 fully saturated rings. The van der Waals surface area contributed by atoms with Gasteiger partial charge in [-0.15, -0.1) is 11.3 Å². The predicted molar refractivity (Wildman–Crippen MR) is 153 cm³/mol. The van der Waals surface area contributed by atoms with Gasteiger partial charge in [-0.1, -0.05) is 105 Å². The molecule has 0 unspecified atom stereocenters. The molecule has 4 aromatic carbocycles. The molecule has 0 radical (unpaired) electrons. The van der Waals surface area contributed by atoms with E-state index >= 15 is 0 Å². The average molecular weight is 509 g/mol. The lowest BCUT2D eigenvalue weighted by Crippen LogP contribution is -2.14. The molecule has 0 atom stereocenters. The van der Waals surface area contributed by atoms with Crippen molar-refractivity contribution in [3.8, 4) is 0 Å². The zero-order valence-corrected chi connectivity index (χ0v) is 22.2. The Morgan fingerprint density at radius 1 is 0.833 bits per heavy atom. The number of hydrogen-bond donors (Lipinski definition) is 1. The molecule has 1 amide bonds. The van der Waals surface area contributed by atoms with E-state index in [-0.39, 0.29) is 16.6 Å². The summed E-state index contributed by atoms with van der Waals surface area (Å²) in [6, 6.07) is 34.8. The van der Waals surface area contributed by atoms with Crippen LogP contribution in [0.2, 0.25) is 0 Å². The van der Waals surface area contributed by atoms with Crippen molar-refractivity contribution in [1.29, 1.82) is 0 Å². The lowest BCUT2D eigenvalue weighted by atomic mass is 9.87. The van der Waals surface area contributed by atoms with E-state index in [9.17, 15) is 4.79 Å². The maximum atomic E-state index is 12.8. The molecule has 0 aliphatic rings. The molecule has 1 N–H and O–H groups in total. The summed E-state index contributed by atoms with van der Waals surface area (Å²) in [5, 5.41) is 3.20. The minimum Gasteiger partial charge on any atom is -0.322 e. The molecule has 1 aromatic heterocycles. The topological polar surface area (TPSA) is 42.0 Å². The maximum absolute atomic E-state index is 12.8. The Kier molecular flexibility index (Phi) is 6.95. The van der Waals surface area contributed by atoms with Crippen LogP contribution < -0.4 is 5.32 Å². The van der Waals surface area contributed by atoms with Gasteiger partial charge in [-0.2, -0.15) is 0 Å². The fourth-order valence-corrected chi connectivity index (χ4v) is 6.47. The van der Waals surface area contributed by atoms with E-state index in [4.69, 9.17) is 4.98 Å². The van der Waals surface area contributed by atoms with Gasteiger partial charge in [-0.3, -0.25) is 4.79 Å². The van der Waals surface area contributed by atoms with Crippen molar-refractivity contribution in [3.63, 3.8) is 0 Å². The molecular weight excluding hydrogens is 480 g/mol. The van der Waals surface area contributed by atoms with E-state index in [1.807, 2.05) is 54.6 Å². The second-order valence-corrected chi connectivity index (χ2v) is 12.1. The van der Waals surface area contributed by atoms with Gasteiger partial charge in [-0.05, 0) is 52.4 Å². The molecule has 3 nitrogen and oxygen atoms in total. The third kappa shape index (κ3) is 5.53. The van der Waals surface area contributed by atoms with Crippen LogP contribution in [0.4, 0.5) is 5.69 Å². The van der Waals surface area contributed by atoms with Gasteiger partial charge in [0.2, 0.25) is 0 Å². The van der Waals surface area contributed by atoms with Crippen LogP contribution in [0, 0.1) is 0 Å². The molecule has 0 spiro atoms. The SMILES string of the molecule is CC(C)(C)c1ccc(C(=O)Nc2ccc3nc(SC(c4ccccc4)c4ccccc4)sc3c2)cc1. The Morgan fingerprint density at radius 3 is 2.03 bits per heavy atom. The number of amides is 1. The van der Waals surface area contributed by atoms with Gasteiger partial charge in [0.15, 0.2) is 4.34 Å². The second-order valence-electron chi connectivity index (χ2n) is 9.76. The Bertz CT molecular complexity index is 1430. The molecule has 0 bridgehead atoms. The Labute approximate surface area is 220 Å². The highest BCUT2D eigenvalue weighted by Gasteiger charge is 2.19. The lowest BCUT2D eigenvalue weighted by Gasteiger charge is -2.19. The predicted octanol–water partition coefficient (Wildman–Crippen LogP) is 8.73. The number of aromatic nitrogens is 1. The monoisotopic (exact) mass is 508 g/mol. The number of carbonyl (C=O) groups excluding carboxylic acids is 1. The van der Waals surface area contributed by atoms with Crippen LogP contribution in [0.3, 0.4) is 0 Å². The minimum absolute atomic E-state index is 0.0575. The van der Waals surface area contributed by atoms with Crippen molar-refractivity contribution in [2.75, 3.05) is 5.32 Å². The van der Waals surface area contributed by atoms with E-state index in [1.165, 1.54) is 16.7 Å². The molecule has 1 heterocycles. The summed E-state index contributed by atoms with van der Waals surface area (Å²) in [7, 11) is 0. The zero-order chi connectivity index (χ0) is 25.1. The Morgan fingerprint density at radius 2 is 1.44 bits per heavy atom. The van der Waals surface area contributed by atoms with Crippen molar-refractivity contribution >= 4 is 44.9 Å². The standard InChI is InChI=1S/C31H28N2OS2/c1-31(2,3)24-16-14-23(15-17-24)29(34)32-25-18-19-26-27(20-25)35-30(33-26)36-28(21-10-6-4-7-11-21)22-12-8-5-9-13-22/h4-20,28H,1-3H3,(H,32,34). The van der Waals surface area contributed by atoms with Crippen LogP contribution in [0.1, 0.15) is 53.1 Å².